The predicted octanol–water partition coefficient (Wildman–Crippen LogP) is 4.31. The van der Waals surface area contributed by atoms with Gasteiger partial charge in [-0.3, -0.25) is 0 Å². The molecule has 1 atom stereocenters. The van der Waals surface area contributed by atoms with Gasteiger partial charge in [0.1, 0.15) is 0 Å². The fourth-order valence-electron chi connectivity index (χ4n) is 1.39. The molecule has 0 aliphatic heterocycles. The van der Waals surface area contributed by atoms with Crippen LogP contribution >= 0.6 is 0 Å². The van der Waals surface area contributed by atoms with Gasteiger partial charge in [-0.15, -0.1) is 0 Å². The van der Waals surface area contributed by atoms with Crippen LogP contribution < -0.4 is 0 Å². The van der Waals surface area contributed by atoms with Crippen LogP contribution in [0.4, 0.5) is 0 Å². The highest BCUT2D eigenvalue weighted by Gasteiger charge is 2.13. The summed E-state index contributed by atoms with van der Waals surface area (Å²) in [5, 5.41) is 0. The van der Waals surface area contributed by atoms with Crippen LogP contribution in [0.1, 0.15) is 54.4 Å². The summed E-state index contributed by atoms with van der Waals surface area (Å²) in [6.07, 6.45) is 5.04. The topological polar surface area (TPSA) is 0 Å². The molecule has 0 fully saturated rings. The van der Waals surface area contributed by atoms with E-state index in [0.29, 0.717) is 5.41 Å². The fraction of sp³-hybridized carbons (Fsp3) is 0.917. The Hall–Kier alpha value is 0. The van der Waals surface area contributed by atoms with E-state index in [-0.39, 0.29) is 0 Å². The van der Waals surface area contributed by atoms with Gasteiger partial charge >= 0.3 is 0 Å². The third kappa shape index (κ3) is 8.10. The molecule has 0 aliphatic carbocycles. The third-order valence-corrected chi connectivity index (χ3v) is 1.98. The van der Waals surface area contributed by atoms with Crippen molar-refractivity contribution in [2.75, 3.05) is 0 Å². The molecule has 0 saturated heterocycles. The molecule has 0 amide bonds. The van der Waals surface area contributed by atoms with Gasteiger partial charge in [0, 0.05) is 0 Å². The molecule has 0 aromatic rings. The molecule has 73 valence electrons. The summed E-state index contributed by atoms with van der Waals surface area (Å²) in [7, 11) is 0. The van der Waals surface area contributed by atoms with Crippen molar-refractivity contribution in [3.63, 3.8) is 0 Å². The maximum Gasteiger partial charge on any atom is -0.0352 e. The zero-order valence-electron chi connectivity index (χ0n) is 9.65. The van der Waals surface area contributed by atoms with Crippen LogP contribution in [0.2, 0.25) is 0 Å². The van der Waals surface area contributed by atoms with Crippen molar-refractivity contribution in [3.05, 3.63) is 6.42 Å². The Morgan fingerprint density at radius 1 is 1.08 bits per heavy atom. The molecule has 0 aliphatic rings. The van der Waals surface area contributed by atoms with E-state index in [1.165, 1.54) is 12.8 Å². The quantitative estimate of drug-likeness (QED) is 0.588. The minimum Gasteiger partial charge on any atom is -0.0628 e. The van der Waals surface area contributed by atoms with Gasteiger partial charge in [-0.2, -0.15) is 0 Å². The van der Waals surface area contributed by atoms with E-state index in [9.17, 15) is 0 Å². The van der Waals surface area contributed by atoms with E-state index in [0.717, 1.165) is 11.8 Å². The first-order chi connectivity index (χ1) is 5.31. The standard InChI is InChI=1S/C12H25/c1-10(2)9-11(3)7-8-12(4,5)6/h7,10-11H,8-9H2,1-6H3. The predicted molar refractivity (Wildman–Crippen MR) is 57.0 cm³/mol. The molecule has 0 aromatic carbocycles. The number of hydrogen-bond acceptors (Lipinski definition) is 0. The van der Waals surface area contributed by atoms with Crippen molar-refractivity contribution in [2.24, 2.45) is 17.3 Å². The van der Waals surface area contributed by atoms with E-state index in [4.69, 9.17) is 0 Å². The molecule has 0 rings (SSSR count). The summed E-state index contributed by atoms with van der Waals surface area (Å²) in [6, 6.07) is 0. The molecule has 0 aromatic heterocycles. The molecular weight excluding hydrogens is 144 g/mol. The number of rotatable bonds is 4. The van der Waals surface area contributed by atoms with Gasteiger partial charge in [0.15, 0.2) is 0 Å². The summed E-state index contributed by atoms with van der Waals surface area (Å²) in [5.74, 6) is 1.61. The molecule has 12 heavy (non-hydrogen) atoms. The lowest BCUT2D eigenvalue weighted by Gasteiger charge is -2.21. The Bertz CT molecular complexity index is 106. The normalized spacial score (nSPS) is 15.2. The highest BCUT2D eigenvalue weighted by Crippen LogP contribution is 2.25. The van der Waals surface area contributed by atoms with Crippen LogP contribution in [0.3, 0.4) is 0 Å². The summed E-state index contributed by atoms with van der Waals surface area (Å²) in [5.41, 5.74) is 0.464. The first kappa shape index (κ1) is 12.0. The van der Waals surface area contributed by atoms with E-state index < -0.39 is 0 Å². The lowest BCUT2D eigenvalue weighted by Crippen LogP contribution is -2.09. The molecule has 0 N–H and O–H groups in total. The zero-order valence-corrected chi connectivity index (χ0v) is 9.65. The minimum atomic E-state index is 0.464. The summed E-state index contributed by atoms with van der Waals surface area (Å²) in [4.78, 5) is 0. The van der Waals surface area contributed by atoms with Crippen molar-refractivity contribution >= 4 is 0 Å². The Morgan fingerprint density at radius 2 is 1.58 bits per heavy atom. The first-order valence-corrected chi connectivity index (χ1v) is 5.14. The Balaban J connectivity index is 3.51. The smallest absolute Gasteiger partial charge is 0.0352 e. The van der Waals surface area contributed by atoms with Crippen molar-refractivity contribution in [1.29, 1.82) is 0 Å². The van der Waals surface area contributed by atoms with Crippen LogP contribution in [-0.4, -0.2) is 0 Å². The maximum atomic E-state index is 2.47. The molecule has 0 bridgehead atoms. The highest BCUT2D eigenvalue weighted by molar-refractivity contribution is 4.79. The average Bonchev–Trinajstić information content (AvgIpc) is 1.80. The third-order valence-electron chi connectivity index (χ3n) is 1.98. The highest BCUT2D eigenvalue weighted by atomic mass is 14.2. The second-order valence-electron chi connectivity index (χ2n) is 5.61. The molecular formula is C12H25. The molecule has 0 saturated carbocycles. The van der Waals surface area contributed by atoms with Crippen LogP contribution in [0.15, 0.2) is 0 Å². The lowest BCUT2D eigenvalue weighted by atomic mass is 9.85. The second kappa shape index (κ2) is 4.89. The molecule has 1 unspecified atom stereocenters. The summed E-state index contributed by atoms with van der Waals surface area (Å²) < 4.78 is 0. The summed E-state index contributed by atoms with van der Waals surface area (Å²) in [6.45, 7) is 13.8. The monoisotopic (exact) mass is 169 g/mol. The van der Waals surface area contributed by atoms with Crippen molar-refractivity contribution in [2.45, 2.75) is 54.4 Å². The van der Waals surface area contributed by atoms with E-state index >= 15 is 0 Å². The van der Waals surface area contributed by atoms with E-state index in [1.54, 1.807) is 0 Å². The SMILES string of the molecule is CC(C)CC(C)[CH]CC(C)(C)C. The van der Waals surface area contributed by atoms with Gasteiger partial charge < -0.3 is 0 Å². The molecule has 1 radical (unpaired) electrons. The summed E-state index contributed by atoms with van der Waals surface area (Å²) >= 11 is 0. The molecule has 0 heteroatoms. The molecule has 0 heterocycles. The largest absolute Gasteiger partial charge is 0.0628 e. The van der Waals surface area contributed by atoms with Gasteiger partial charge in [0.2, 0.25) is 0 Å². The Morgan fingerprint density at radius 3 is 1.92 bits per heavy atom. The second-order valence-corrected chi connectivity index (χ2v) is 5.61. The van der Waals surface area contributed by atoms with Crippen LogP contribution in [0.25, 0.3) is 0 Å². The maximum absolute atomic E-state index is 2.47. The molecule has 0 spiro atoms. The van der Waals surface area contributed by atoms with Crippen LogP contribution in [-0.2, 0) is 0 Å². The Labute approximate surface area is 78.8 Å². The van der Waals surface area contributed by atoms with Gasteiger partial charge in [0.25, 0.3) is 0 Å². The van der Waals surface area contributed by atoms with Gasteiger partial charge in [0.05, 0.1) is 0 Å². The van der Waals surface area contributed by atoms with Gasteiger partial charge in [-0.25, -0.2) is 0 Å². The average molecular weight is 169 g/mol. The first-order valence-electron chi connectivity index (χ1n) is 5.14. The zero-order chi connectivity index (χ0) is 9.78. The lowest BCUT2D eigenvalue weighted by molar-refractivity contribution is 0.369. The Kier molecular flexibility index (Phi) is 4.89. The van der Waals surface area contributed by atoms with E-state index in [2.05, 4.69) is 48.0 Å². The van der Waals surface area contributed by atoms with E-state index in [1.807, 2.05) is 0 Å². The van der Waals surface area contributed by atoms with Crippen molar-refractivity contribution in [3.8, 4) is 0 Å². The molecule has 0 nitrogen and oxygen atoms in total. The van der Waals surface area contributed by atoms with Gasteiger partial charge in [-0.05, 0) is 36.5 Å². The van der Waals surface area contributed by atoms with Crippen LogP contribution in [0, 0.1) is 23.7 Å². The minimum absolute atomic E-state index is 0.464. The number of hydrogen-bond donors (Lipinski definition) is 0. The fourth-order valence-corrected chi connectivity index (χ4v) is 1.39. The van der Waals surface area contributed by atoms with Crippen molar-refractivity contribution in [1.82, 2.24) is 0 Å². The van der Waals surface area contributed by atoms with Crippen molar-refractivity contribution < 1.29 is 0 Å². The van der Waals surface area contributed by atoms with Gasteiger partial charge in [-0.1, -0.05) is 41.5 Å². The van der Waals surface area contributed by atoms with Crippen LogP contribution in [0.5, 0.6) is 0 Å².